The molecule has 1 N–H and O–H groups in total. The Morgan fingerprint density at radius 1 is 0.941 bits per heavy atom. The Bertz CT molecular complexity index is 414. The Morgan fingerprint density at radius 2 is 1.24 bits per heavy atom. The second-order valence-electron chi connectivity index (χ2n) is 9.76. The number of hydrogen-bond acceptors (Lipinski definition) is 6. The van der Waals surface area contributed by atoms with Gasteiger partial charge in [-0.15, -0.1) is 10.2 Å². The van der Waals surface area contributed by atoms with Crippen molar-refractivity contribution in [2.24, 2.45) is 0 Å². The fourth-order valence-electron chi connectivity index (χ4n) is 2.43. The van der Waals surface area contributed by atoms with E-state index < -0.39 is 18.6 Å². The SMILES string of the molecule is C1CCCC1.C1CCCC1.C=C[C+](C)CO.[CH-]=CCCO[Si](C)(C)C(C)(C)C.[O-][Cl+3]([O-])([O-])[O-].[Zr]. The molecule has 0 bridgehead atoms. The summed E-state index contributed by atoms with van der Waals surface area (Å²) < 4.78 is 39.8. The van der Waals surface area contributed by atoms with Crippen molar-refractivity contribution >= 4 is 8.32 Å². The van der Waals surface area contributed by atoms with Crippen LogP contribution in [0.5, 0.6) is 0 Å². The summed E-state index contributed by atoms with van der Waals surface area (Å²) in [7, 11) is -6.46. The summed E-state index contributed by atoms with van der Waals surface area (Å²) in [4.78, 5) is 0. The normalized spacial score (nSPS) is 14.8. The first-order chi connectivity index (χ1) is 15.1. The third kappa shape index (κ3) is 37.1. The van der Waals surface area contributed by atoms with Crippen LogP contribution in [0.1, 0.15) is 98.3 Å². The van der Waals surface area contributed by atoms with Gasteiger partial charge in [-0.3, -0.25) is 6.08 Å². The van der Waals surface area contributed by atoms with E-state index in [4.69, 9.17) is 34.7 Å². The van der Waals surface area contributed by atoms with E-state index >= 15 is 0 Å². The van der Waals surface area contributed by atoms with Crippen molar-refractivity contribution < 1.29 is 64.6 Å². The quantitative estimate of drug-likeness (QED) is 0.284. The first-order valence-electron chi connectivity index (χ1n) is 12.0. The molecular weight excluding hydrogens is 551 g/mol. The van der Waals surface area contributed by atoms with Crippen LogP contribution in [0.4, 0.5) is 0 Å². The van der Waals surface area contributed by atoms with Gasteiger partial charge in [-0.1, -0.05) is 85.0 Å². The first-order valence-corrected chi connectivity index (χ1v) is 16.1. The predicted octanol–water partition coefficient (Wildman–Crippen LogP) is 3.29. The summed E-state index contributed by atoms with van der Waals surface area (Å²) in [5, 5.41) is 8.53. The van der Waals surface area contributed by atoms with E-state index in [1.165, 1.54) is 64.2 Å². The first kappa shape index (κ1) is 41.6. The second-order valence-corrected chi connectivity index (χ2v) is 15.3. The Labute approximate surface area is 232 Å². The van der Waals surface area contributed by atoms with Crippen LogP contribution < -0.4 is 18.6 Å². The van der Waals surface area contributed by atoms with Crippen molar-refractivity contribution in [3.8, 4) is 0 Å². The van der Waals surface area contributed by atoms with Crippen molar-refractivity contribution in [1.82, 2.24) is 0 Å². The molecule has 0 aliphatic heterocycles. The van der Waals surface area contributed by atoms with Crippen LogP contribution in [0.2, 0.25) is 18.1 Å². The summed E-state index contributed by atoms with van der Waals surface area (Å²) in [5.41, 5.74) is 0. The molecule has 0 atom stereocenters. The van der Waals surface area contributed by atoms with Crippen molar-refractivity contribution in [3.05, 3.63) is 31.2 Å². The molecule has 2 aliphatic rings. The second kappa shape index (κ2) is 25.2. The van der Waals surface area contributed by atoms with Crippen molar-refractivity contribution in [1.29, 1.82) is 0 Å². The van der Waals surface area contributed by atoms with Crippen molar-refractivity contribution in [2.75, 3.05) is 13.2 Å². The Morgan fingerprint density at radius 3 is 1.38 bits per heavy atom. The molecule has 0 saturated heterocycles. The molecule has 202 valence electrons. The van der Waals surface area contributed by atoms with Crippen LogP contribution >= 0.6 is 0 Å². The third-order valence-corrected chi connectivity index (χ3v) is 10.2. The predicted molar refractivity (Wildman–Crippen MR) is 129 cm³/mol. The third-order valence-electron chi connectivity index (χ3n) is 5.65. The van der Waals surface area contributed by atoms with Crippen LogP contribution in [0.3, 0.4) is 0 Å². The minimum atomic E-state index is -4.94. The summed E-state index contributed by atoms with van der Waals surface area (Å²) in [6.07, 6.45) is 19.2. The fourth-order valence-corrected chi connectivity index (χ4v) is 3.49. The minimum Gasteiger partial charge on any atom is -0.518 e. The number of halogens is 1. The van der Waals surface area contributed by atoms with Gasteiger partial charge in [-0.2, -0.15) is 0 Å². The summed E-state index contributed by atoms with van der Waals surface area (Å²) in [6.45, 7) is 22.7. The Balaban J connectivity index is -0.000000174. The van der Waals surface area contributed by atoms with E-state index in [0.29, 0.717) is 5.04 Å². The van der Waals surface area contributed by atoms with Gasteiger partial charge < -0.3 is 16.1 Å². The van der Waals surface area contributed by atoms with E-state index in [2.05, 4.69) is 40.4 Å². The molecule has 6 nitrogen and oxygen atoms in total. The zero-order valence-electron chi connectivity index (χ0n) is 22.5. The molecule has 2 aliphatic carbocycles. The van der Waals surface area contributed by atoms with Crippen LogP contribution in [0.15, 0.2) is 18.7 Å². The maximum Gasteiger partial charge on any atom is 0.191 e. The number of hydrogen-bond donors (Lipinski definition) is 1. The number of rotatable bonds is 6. The molecule has 0 radical (unpaired) electrons. The molecule has 0 aromatic rings. The molecule has 0 aromatic heterocycles. The largest absolute Gasteiger partial charge is 0.518 e. The zero-order chi connectivity index (χ0) is 26.4. The van der Waals surface area contributed by atoms with Crippen molar-refractivity contribution in [2.45, 2.75) is 116 Å². The van der Waals surface area contributed by atoms with Gasteiger partial charge in [0, 0.05) is 46.3 Å². The van der Waals surface area contributed by atoms with E-state index in [0.717, 1.165) is 18.9 Å². The van der Waals surface area contributed by atoms with Gasteiger partial charge in [-0.25, -0.2) is 18.6 Å². The molecular formula is C25H50ClO6SiZr-. The van der Waals surface area contributed by atoms with Gasteiger partial charge in [0.2, 0.25) is 0 Å². The van der Waals surface area contributed by atoms with Gasteiger partial charge in [0.05, 0.1) is 12.0 Å². The monoisotopic (exact) mass is 599 g/mol. The maximum atomic E-state index is 8.49. The van der Waals surface area contributed by atoms with E-state index in [1.54, 1.807) is 12.2 Å². The standard InChI is InChI=1S/C10H21OSi.C5H9O.2C5H10.ClHO4.Zr/c1-7-8-9-11-12(5,6)10(2,3)4;1-3-5(2)4-6;2*1-2-4-5-3-1;2-1(3,4)5;/h1,7H,8-9H2,2-6H3;3,6H,1,4H2,2H3;2*1-5H2;(H,2,3,4,5);/q-1;+1;;;;/p-1. The van der Waals surface area contributed by atoms with E-state index in [1.807, 2.05) is 6.92 Å². The molecule has 2 rings (SSSR count). The van der Waals surface area contributed by atoms with E-state index in [9.17, 15) is 0 Å². The average molecular weight is 601 g/mol. The summed E-state index contributed by atoms with van der Waals surface area (Å²) in [5.74, 6) is 0.912. The molecule has 0 spiro atoms. The molecule has 2 fully saturated rings. The van der Waals surface area contributed by atoms with Crippen LogP contribution in [0, 0.1) is 22.7 Å². The van der Waals surface area contributed by atoms with Gasteiger partial charge in [0.25, 0.3) is 0 Å². The van der Waals surface area contributed by atoms with Gasteiger partial charge in [0.1, 0.15) is 6.61 Å². The molecule has 34 heavy (non-hydrogen) atoms. The van der Waals surface area contributed by atoms with Crippen LogP contribution in [-0.2, 0) is 30.6 Å². The van der Waals surface area contributed by atoms with Gasteiger partial charge in [0.15, 0.2) is 8.32 Å². The Hall–Kier alpha value is 0.500. The smallest absolute Gasteiger partial charge is 0.191 e. The molecule has 9 heteroatoms. The van der Waals surface area contributed by atoms with Crippen LogP contribution in [0.25, 0.3) is 0 Å². The van der Waals surface area contributed by atoms with Gasteiger partial charge in [-0.05, 0) is 24.6 Å². The Kier molecular flexibility index (Phi) is 30.8. The number of aliphatic hydroxyl groups excluding tert-OH is 1. The molecule has 0 amide bonds. The molecule has 2 saturated carbocycles. The number of aliphatic hydroxyl groups is 1. The molecule has 0 unspecified atom stereocenters. The van der Waals surface area contributed by atoms with Crippen LogP contribution in [-0.4, -0.2) is 26.6 Å². The fraction of sp³-hybridized carbons (Fsp3) is 0.800. The van der Waals surface area contributed by atoms with E-state index in [-0.39, 0.29) is 32.8 Å². The summed E-state index contributed by atoms with van der Waals surface area (Å²) in [6, 6.07) is 0. The van der Waals surface area contributed by atoms with Gasteiger partial charge >= 0.3 is 0 Å². The topological polar surface area (TPSA) is 122 Å². The molecule has 0 heterocycles. The van der Waals surface area contributed by atoms with Crippen molar-refractivity contribution in [3.63, 3.8) is 0 Å². The zero-order valence-corrected chi connectivity index (χ0v) is 26.7. The molecule has 0 aromatic carbocycles. The maximum absolute atomic E-state index is 8.49. The summed E-state index contributed by atoms with van der Waals surface area (Å²) >= 11 is 0. The average Bonchev–Trinajstić information content (AvgIpc) is 3.44. The minimum absolute atomic E-state index is 0.